The average Bonchev–Trinajstić information content (AvgIpc) is 2.42. The number of anilines is 1. The lowest BCUT2D eigenvalue weighted by Crippen LogP contribution is -2.38. The van der Waals surface area contributed by atoms with Crippen molar-refractivity contribution in [1.29, 1.82) is 0 Å². The Balaban J connectivity index is 2.38. The maximum absolute atomic E-state index is 11.6. The van der Waals surface area contributed by atoms with Gasteiger partial charge in [0.25, 0.3) is 5.91 Å². The van der Waals surface area contributed by atoms with Crippen molar-refractivity contribution in [3.63, 3.8) is 0 Å². The van der Waals surface area contributed by atoms with Gasteiger partial charge in [0.05, 0.1) is 0 Å². The lowest BCUT2D eigenvalue weighted by atomic mass is 10.2. The Morgan fingerprint density at radius 1 is 1.22 bits per heavy atom. The first kappa shape index (κ1) is 18.6. The third-order valence-corrected chi connectivity index (χ3v) is 2.60. The van der Waals surface area contributed by atoms with Crippen LogP contribution in [0.3, 0.4) is 0 Å². The highest BCUT2D eigenvalue weighted by Gasteiger charge is 2.16. The molecule has 0 spiro atoms. The molecule has 23 heavy (non-hydrogen) atoms. The Kier molecular flexibility index (Phi) is 6.68. The number of alkyl carbamates (subject to hydrolysis) is 1. The van der Waals surface area contributed by atoms with Gasteiger partial charge in [0.1, 0.15) is 11.4 Å². The molecule has 1 atom stereocenters. The lowest BCUT2D eigenvalue weighted by molar-refractivity contribution is -0.119. The van der Waals surface area contributed by atoms with E-state index in [2.05, 4.69) is 10.6 Å². The molecule has 1 aromatic rings. The summed E-state index contributed by atoms with van der Waals surface area (Å²) in [5.41, 5.74) is 5.37. The van der Waals surface area contributed by atoms with Crippen molar-refractivity contribution < 1.29 is 19.1 Å². The van der Waals surface area contributed by atoms with Crippen LogP contribution in [-0.4, -0.2) is 36.8 Å². The van der Waals surface area contributed by atoms with E-state index in [0.29, 0.717) is 12.3 Å². The van der Waals surface area contributed by atoms with E-state index in [1.165, 1.54) is 0 Å². The molecule has 4 N–H and O–H groups in total. The van der Waals surface area contributed by atoms with E-state index in [1.54, 1.807) is 12.1 Å². The molecule has 0 saturated carbocycles. The zero-order chi connectivity index (χ0) is 17.5. The molecule has 0 saturated heterocycles. The minimum absolute atomic E-state index is 0.0138. The van der Waals surface area contributed by atoms with Gasteiger partial charge in [-0.05, 0) is 52.0 Å². The minimum atomic E-state index is -0.519. The van der Waals surface area contributed by atoms with Gasteiger partial charge in [-0.1, -0.05) is 0 Å². The van der Waals surface area contributed by atoms with Crippen LogP contribution in [0.4, 0.5) is 10.5 Å². The number of ether oxygens (including phenoxy) is 2. The summed E-state index contributed by atoms with van der Waals surface area (Å²) in [5, 5.41) is 5.94. The predicted octanol–water partition coefficient (Wildman–Crippen LogP) is 1.88. The normalized spacial score (nSPS) is 12.2. The second-order valence-corrected chi connectivity index (χ2v) is 6.21. The summed E-state index contributed by atoms with van der Waals surface area (Å²) in [7, 11) is 0. The molecule has 1 rings (SSSR count). The van der Waals surface area contributed by atoms with E-state index in [9.17, 15) is 9.59 Å². The van der Waals surface area contributed by atoms with Gasteiger partial charge < -0.3 is 25.8 Å². The summed E-state index contributed by atoms with van der Waals surface area (Å²) >= 11 is 0. The number of primary amides is 1. The van der Waals surface area contributed by atoms with Crippen LogP contribution in [0, 0.1) is 0 Å². The van der Waals surface area contributed by atoms with Gasteiger partial charge in [0.2, 0.25) is 0 Å². The fourth-order valence-electron chi connectivity index (χ4n) is 1.69. The summed E-state index contributed by atoms with van der Waals surface area (Å²) in [6, 6.07) is 7.12. The van der Waals surface area contributed by atoms with Crippen LogP contribution < -0.4 is 21.1 Å². The molecule has 0 aliphatic heterocycles. The van der Waals surface area contributed by atoms with Crippen molar-refractivity contribution in [2.45, 2.75) is 39.3 Å². The summed E-state index contributed by atoms with van der Waals surface area (Å²) in [5.74, 6) is 0.0444. The van der Waals surface area contributed by atoms with Gasteiger partial charge in [-0.15, -0.1) is 0 Å². The molecule has 7 nitrogen and oxygen atoms in total. The topological polar surface area (TPSA) is 103 Å². The van der Waals surface area contributed by atoms with Gasteiger partial charge >= 0.3 is 6.09 Å². The van der Waals surface area contributed by atoms with Crippen molar-refractivity contribution in [2.75, 3.05) is 18.5 Å². The summed E-state index contributed by atoms with van der Waals surface area (Å²) in [6.07, 6.45) is -0.443. The van der Waals surface area contributed by atoms with Crippen LogP contribution >= 0.6 is 0 Å². The molecule has 0 aliphatic carbocycles. The summed E-state index contributed by atoms with van der Waals surface area (Å²) in [6.45, 7) is 7.66. The Morgan fingerprint density at radius 3 is 2.35 bits per heavy atom. The first-order valence-electron chi connectivity index (χ1n) is 7.40. The monoisotopic (exact) mass is 323 g/mol. The van der Waals surface area contributed by atoms with Crippen LogP contribution in [0.25, 0.3) is 0 Å². The molecular weight excluding hydrogens is 298 g/mol. The van der Waals surface area contributed by atoms with Gasteiger partial charge in [-0.2, -0.15) is 0 Å². The first-order chi connectivity index (χ1) is 10.7. The Labute approximate surface area is 136 Å². The smallest absolute Gasteiger partial charge is 0.407 e. The van der Waals surface area contributed by atoms with E-state index < -0.39 is 17.6 Å². The van der Waals surface area contributed by atoms with Gasteiger partial charge in [-0.3, -0.25) is 4.79 Å². The molecule has 0 aromatic heterocycles. The number of hydrogen-bond acceptors (Lipinski definition) is 5. The number of nitrogens with one attached hydrogen (secondary N) is 2. The standard InChI is InChI=1S/C16H25N3O4/c1-11(9-18-15(21)23-16(2,3)4)19-12-5-7-13(8-6-12)22-10-14(17)20/h5-8,11,19H,9-10H2,1-4H3,(H2,17,20)(H,18,21). The predicted molar refractivity (Wildman–Crippen MR) is 88.5 cm³/mol. The molecule has 0 bridgehead atoms. The molecule has 7 heteroatoms. The third-order valence-electron chi connectivity index (χ3n) is 2.60. The molecule has 0 heterocycles. The number of hydrogen-bond donors (Lipinski definition) is 3. The van der Waals surface area contributed by atoms with Crippen molar-refractivity contribution in [3.8, 4) is 5.75 Å². The van der Waals surface area contributed by atoms with E-state index in [-0.39, 0.29) is 12.6 Å². The second-order valence-electron chi connectivity index (χ2n) is 6.21. The minimum Gasteiger partial charge on any atom is -0.484 e. The van der Waals surface area contributed by atoms with Crippen molar-refractivity contribution in [3.05, 3.63) is 24.3 Å². The Morgan fingerprint density at radius 2 is 1.83 bits per heavy atom. The van der Waals surface area contributed by atoms with Crippen molar-refractivity contribution >= 4 is 17.7 Å². The van der Waals surface area contributed by atoms with Gasteiger partial charge in [0, 0.05) is 18.3 Å². The Bertz CT molecular complexity index is 523. The maximum atomic E-state index is 11.6. The van der Waals surface area contributed by atoms with Gasteiger partial charge in [-0.25, -0.2) is 4.79 Å². The van der Waals surface area contributed by atoms with E-state index in [0.717, 1.165) is 5.69 Å². The fourth-order valence-corrected chi connectivity index (χ4v) is 1.69. The molecule has 1 aromatic carbocycles. The van der Waals surface area contributed by atoms with Crippen LogP contribution in [0.5, 0.6) is 5.75 Å². The first-order valence-corrected chi connectivity index (χ1v) is 7.40. The van der Waals surface area contributed by atoms with Gasteiger partial charge in [0.15, 0.2) is 6.61 Å². The van der Waals surface area contributed by atoms with E-state index in [4.69, 9.17) is 15.2 Å². The SMILES string of the molecule is CC(CNC(=O)OC(C)(C)C)Nc1ccc(OCC(N)=O)cc1. The summed E-state index contributed by atoms with van der Waals surface area (Å²) in [4.78, 5) is 22.2. The molecule has 0 aliphatic rings. The van der Waals surface area contributed by atoms with Crippen LogP contribution in [0.2, 0.25) is 0 Å². The van der Waals surface area contributed by atoms with E-state index >= 15 is 0 Å². The average molecular weight is 323 g/mol. The Hall–Kier alpha value is -2.44. The van der Waals surface area contributed by atoms with Crippen LogP contribution in [0.15, 0.2) is 24.3 Å². The number of carbonyl (C=O) groups is 2. The largest absolute Gasteiger partial charge is 0.484 e. The summed E-state index contributed by atoms with van der Waals surface area (Å²) < 4.78 is 10.3. The second kappa shape index (κ2) is 8.26. The number of carbonyl (C=O) groups excluding carboxylic acids is 2. The third kappa shape index (κ3) is 8.55. The quantitative estimate of drug-likeness (QED) is 0.711. The molecule has 2 amide bonds. The maximum Gasteiger partial charge on any atom is 0.407 e. The number of nitrogens with two attached hydrogens (primary N) is 1. The zero-order valence-corrected chi connectivity index (χ0v) is 14.0. The number of amides is 2. The number of benzene rings is 1. The lowest BCUT2D eigenvalue weighted by Gasteiger charge is -2.21. The zero-order valence-electron chi connectivity index (χ0n) is 14.0. The van der Waals surface area contributed by atoms with Crippen molar-refractivity contribution in [2.24, 2.45) is 5.73 Å². The van der Waals surface area contributed by atoms with Crippen molar-refractivity contribution in [1.82, 2.24) is 5.32 Å². The highest BCUT2D eigenvalue weighted by atomic mass is 16.6. The van der Waals surface area contributed by atoms with Crippen LogP contribution in [-0.2, 0) is 9.53 Å². The van der Waals surface area contributed by atoms with E-state index in [1.807, 2.05) is 39.8 Å². The number of rotatable bonds is 7. The molecular formula is C16H25N3O4. The fraction of sp³-hybridized carbons (Fsp3) is 0.500. The highest BCUT2D eigenvalue weighted by Crippen LogP contribution is 2.16. The highest BCUT2D eigenvalue weighted by molar-refractivity contribution is 5.75. The molecule has 1 unspecified atom stereocenters. The molecule has 128 valence electrons. The van der Waals surface area contributed by atoms with Crippen LogP contribution in [0.1, 0.15) is 27.7 Å². The molecule has 0 radical (unpaired) electrons. The molecule has 0 fully saturated rings.